The fourth-order valence-electron chi connectivity index (χ4n) is 2.00. The molecule has 0 atom stereocenters. The minimum atomic E-state index is 0.0819. The highest BCUT2D eigenvalue weighted by Crippen LogP contribution is 2.19. The lowest BCUT2D eigenvalue weighted by molar-refractivity contribution is -0.129. The van der Waals surface area contributed by atoms with Gasteiger partial charge < -0.3 is 20.3 Å². The van der Waals surface area contributed by atoms with Crippen LogP contribution in [-0.2, 0) is 4.79 Å². The Morgan fingerprint density at radius 2 is 2.21 bits per heavy atom. The lowest BCUT2D eigenvalue weighted by atomic mass is 10.3. The van der Waals surface area contributed by atoms with E-state index in [1.165, 1.54) is 6.33 Å². The lowest BCUT2D eigenvalue weighted by Gasteiger charge is -2.27. The number of hydrogen-bond donors (Lipinski definition) is 2. The molecule has 1 aliphatic heterocycles. The minimum absolute atomic E-state index is 0.0819. The van der Waals surface area contributed by atoms with E-state index >= 15 is 0 Å². The molecule has 7 heteroatoms. The van der Waals surface area contributed by atoms with Crippen LogP contribution < -0.4 is 15.4 Å². The molecular formula is C12H19N5O2. The third kappa shape index (κ3) is 3.31. The number of anilines is 1. The van der Waals surface area contributed by atoms with Gasteiger partial charge in [0.2, 0.25) is 11.8 Å². The summed E-state index contributed by atoms with van der Waals surface area (Å²) in [6.07, 6.45) is 1.42. The fourth-order valence-corrected chi connectivity index (χ4v) is 2.00. The van der Waals surface area contributed by atoms with Gasteiger partial charge in [-0.2, -0.15) is 0 Å². The van der Waals surface area contributed by atoms with Gasteiger partial charge in [0.15, 0.2) is 0 Å². The summed E-state index contributed by atoms with van der Waals surface area (Å²) < 4.78 is 5.11. The van der Waals surface area contributed by atoms with Crippen molar-refractivity contribution in [3.05, 3.63) is 11.9 Å². The molecule has 0 saturated carbocycles. The zero-order valence-electron chi connectivity index (χ0n) is 11.3. The smallest absolute Gasteiger partial charge is 0.242 e. The largest absolute Gasteiger partial charge is 0.481 e. The van der Waals surface area contributed by atoms with Gasteiger partial charge in [0.1, 0.15) is 12.1 Å². The van der Waals surface area contributed by atoms with Crippen LogP contribution in [0.15, 0.2) is 6.33 Å². The average molecular weight is 265 g/mol. The first-order valence-electron chi connectivity index (χ1n) is 6.30. The second kappa shape index (κ2) is 6.33. The Labute approximate surface area is 112 Å². The van der Waals surface area contributed by atoms with Gasteiger partial charge in [0, 0.05) is 26.2 Å². The Kier molecular flexibility index (Phi) is 4.51. The predicted octanol–water partition coefficient (Wildman–Crippen LogP) is -0.363. The maximum atomic E-state index is 12.0. The van der Waals surface area contributed by atoms with Crippen LogP contribution in [0.5, 0.6) is 5.88 Å². The normalized spacial score (nSPS) is 15.2. The van der Waals surface area contributed by atoms with Crippen molar-refractivity contribution in [2.24, 2.45) is 0 Å². The number of nitrogens with one attached hydrogen (secondary N) is 2. The van der Waals surface area contributed by atoms with E-state index in [1.807, 2.05) is 11.8 Å². The summed E-state index contributed by atoms with van der Waals surface area (Å²) >= 11 is 0. The van der Waals surface area contributed by atoms with Gasteiger partial charge in [-0.15, -0.1) is 0 Å². The molecule has 0 unspecified atom stereocenters. The molecule has 2 N–H and O–H groups in total. The Balaban J connectivity index is 1.93. The van der Waals surface area contributed by atoms with E-state index in [9.17, 15) is 4.79 Å². The second-order valence-electron chi connectivity index (χ2n) is 4.34. The van der Waals surface area contributed by atoms with E-state index in [-0.39, 0.29) is 12.5 Å². The quantitative estimate of drug-likeness (QED) is 0.774. The molecule has 1 saturated heterocycles. The van der Waals surface area contributed by atoms with E-state index in [0.29, 0.717) is 11.7 Å². The monoisotopic (exact) mass is 265 g/mol. The standard InChI is InChI=1S/C12H19N5O2/c1-9-11(15-8-16-12(9)19-2)14-7-10(18)17-5-3-13-4-6-17/h8,13H,3-7H2,1-2H3,(H,14,15,16). The van der Waals surface area contributed by atoms with Crippen molar-refractivity contribution >= 4 is 11.7 Å². The highest BCUT2D eigenvalue weighted by molar-refractivity contribution is 5.81. The van der Waals surface area contributed by atoms with Gasteiger partial charge in [-0.25, -0.2) is 9.97 Å². The fraction of sp³-hybridized carbons (Fsp3) is 0.583. The number of hydrogen-bond acceptors (Lipinski definition) is 6. The molecule has 0 aliphatic carbocycles. The van der Waals surface area contributed by atoms with Crippen LogP contribution in [0.2, 0.25) is 0 Å². The van der Waals surface area contributed by atoms with E-state index in [2.05, 4.69) is 20.6 Å². The van der Waals surface area contributed by atoms with Crippen molar-refractivity contribution < 1.29 is 9.53 Å². The van der Waals surface area contributed by atoms with Crippen LogP contribution in [0.25, 0.3) is 0 Å². The number of nitrogens with zero attached hydrogens (tertiary/aromatic N) is 3. The predicted molar refractivity (Wildman–Crippen MR) is 71.3 cm³/mol. The molecule has 0 radical (unpaired) electrons. The highest BCUT2D eigenvalue weighted by Gasteiger charge is 2.16. The molecule has 1 aliphatic rings. The van der Waals surface area contributed by atoms with Crippen LogP contribution in [0.1, 0.15) is 5.56 Å². The highest BCUT2D eigenvalue weighted by atomic mass is 16.5. The molecule has 7 nitrogen and oxygen atoms in total. The first-order chi connectivity index (χ1) is 9.22. The number of piperazine rings is 1. The Hall–Kier alpha value is -1.89. The second-order valence-corrected chi connectivity index (χ2v) is 4.34. The third-order valence-electron chi connectivity index (χ3n) is 3.11. The van der Waals surface area contributed by atoms with Crippen LogP contribution in [0.3, 0.4) is 0 Å². The molecule has 2 rings (SSSR count). The molecule has 0 spiro atoms. The summed E-state index contributed by atoms with van der Waals surface area (Å²) in [6.45, 7) is 5.31. The van der Waals surface area contributed by atoms with Gasteiger partial charge in [-0.1, -0.05) is 0 Å². The number of ether oxygens (including phenoxy) is 1. The number of methoxy groups -OCH3 is 1. The molecule has 0 aromatic carbocycles. The lowest BCUT2D eigenvalue weighted by Crippen LogP contribution is -2.48. The van der Waals surface area contributed by atoms with Crippen molar-refractivity contribution in [3.63, 3.8) is 0 Å². The van der Waals surface area contributed by atoms with Gasteiger partial charge in [-0.05, 0) is 6.92 Å². The molecular weight excluding hydrogens is 246 g/mol. The maximum Gasteiger partial charge on any atom is 0.242 e. The van der Waals surface area contributed by atoms with Crippen molar-refractivity contribution in [3.8, 4) is 5.88 Å². The summed E-state index contributed by atoms with van der Waals surface area (Å²) in [6, 6.07) is 0. The molecule has 19 heavy (non-hydrogen) atoms. The van der Waals surface area contributed by atoms with Crippen LogP contribution in [0.4, 0.5) is 5.82 Å². The zero-order chi connectivity index (χ0) is 13.7. The van der Waals surface area contributed by atoms with Crippen molar-refractivity contribution in [2.75, 3.05) is 45.2 Å². The summed E-state index contributed by atoms with van der Waals surface area (Å²) in [7, 11) is 1.56. The molecule has 1 aromatic rings. The van der Waals surface area contributed by atoms with Crippen molar-refractivity contribution in [1.82, 2.24) is 20.2 Å². The van der Waals surface area contributed by atoms with Gasteiger partial charge in [-0.3, -0.25) is 4.79 Å². The Bertz CT molecular complexity index is 446. The number of amides is 1. The molecule has 0 bridgehead atoms. The number of aromatic nitrogens is 2. The average Bonchev–Trinajstić information content (AvgIpc) is 2.47. The molecule has 2 heterocycles. The Morgan fingerprint density at radius 3 is 2.89 bits per heavy atom. The topological polar surface area (TPSA) is 79.4 Å². The van der Waals surface area contributed by atoms with Crippen LogP contribution in [-0.4, -0.2) is 60.6 Å². The summed E-state index contributed by atoms with van der Waals surface area (Å²) in [5, 5.41) is 6.26. The summed E-state index contributed by atoms with van der Waals surface area (Å²) in [5.74, 6) is 1.24. The Morgan fingerprint density at radius 1 is 1.47 bits per heavy atom. The van der Waals surface area contributed by atoms with E-state index in [1.54, 1.807) is 7.11 Å². The van der Waals surface area contributed by atoms with Crippen LogP contribution >= 0.6 is 0 Å². The van der Waals surface area contributed by atoms with Gasteiger partial charge >= 0.3 is 0 Å². The minimum Gasteiger partial charge on any atom is -0.481 e. The van der Waals surface area contributed by atoms with Gasteiger partial charge in [0.25, 0.3) is 0 Å². The molecule has 104 valence electrons. The zero-order valence-corrected chi connectivity index (χ0v) is 11.3. The molecule has 1 aromatic heterocycles. The summed E-state index contributed by atoms with van der Waals surface area (Å²) in [5.41, 5.74) is 0.804. The van der Waals surface area contributed by atoms with Crippen LogP contribution in [0, 0.1) is 6.92 Å². The number of carbonyl (C=O) groups is 1. The first-order valence-corrected chi connectivity index (χ1v) is 6.30. The van der Waals surface area contributed by atoms with E-state index in [0.717, 1.165) is 31.7 Å². The number of rotatable bonds is 4. The van der Waals surface area contributed by atoms with E-state index < -0.39 is 0 Å². The molecule has 1 amide bonds. The first kappa shape index (κ1) is 13.5. The third-order valence-corrected chi connectivity index (χ3v) is 3.11. The van der Waals surface area contributed by atoms with Crippen molar-refractivity contribution in [1.29, 1.82) is 0 Å². The SMILES string of the molecule is COc1ncnc(NCC(=O)N2CCNCC2)c1C. The van der Waals surface area contributed by atoms with Gasteiger partial charge in [0.05, 0.1) is 19.2 Å². The molecule has 1 fully saturated rings. The van der Waals surface area contributed by atoms with E-state index in [4.69, 9.17) is 4.74 Å². The number of carbonyl (C=O) groups excluding carboxylic acids is 1. The summed E-state index contributed by atoms with van der Waals surface area (Å²) in [4.78, 5) is 22.0. The maximum absolute atomic E-state index is 12.0. The van der Waals surface area contributed by atoms with Crippen molar-refractivity contribution in [2.45, 2.75) is 6.92 Å².